The van der Waals surface area contributed by atoms with Gasteiger partial charge in [0, 0.05) is 4.47 Å². The van der Waals surface area contributed by atoms with Gasteiger partial charge in [-0.3, -0.25) is 0 Å². The average molecular weight is 366 g/mol. The number of H-pyrrole nitrogens is 2. The van der Waals surface area contributed by atoms with Crippen molar-refractivity contribution in [3.8, 4) is 0 Å². The second-order valence-electron chi connectivity index (χ2n) is 5.15. The Kier molecular flexibility index (Phi) is 3.68. The SMILES string of the molecule is Cc1cccc(C(Cl)c2cc3[nH]c(=O)[nH]c3cc2Br)c1C. The van der Waals surface area contributed by atoms with Gasteiger partial charge >= 0.3 is 5.69 Å². The van der Waals surface area contributed by atoms with E-state index in [2.05, 4.69) is 45.8 Å². The number of fused-ring (bicyclic) bond motifs is 1. The number of imidazole rings is 1. The lowest BCUT2D eigenvalue weighted by atomic mass is 9.96. The smallest absolute Gasteiger partial charge is 0.306 e. The highest BCUT2D eigenvalue weighted by molar-refractivity contribution is 9.10. The minimum absolute atomic E-state index is 0.216. The average Bonchev–Trinajstić information content (AvgIpc) is 2.79. The van der Waals surface area contributed by atoms with Crippen molar-refractivity contribution in [3.63, 3.8) is 0 Å². The molecule has 1 atom stereocenters. The largest absolute Gasteiger partial charge is 0.323 e. The summed E-state index contributed by atoms with van der Waals surface area (Å²) < 4.78 is 0.881. The monoisotopic (exact) mass is 364 g/mol. The zero-order valence-electron chi connectivity index (χ0n) is 11.6. The van der Waals surface area contributed by atoms with Crippen molar-refractivity contribution >= 4 is 38.6 Å². The summed E-state index contributed by atoms with van der Waals surface area (Å²) in [6, 6.07) is 9.91. The standard InChI is InChI=1S/C16H14BrClN2O/c1-8-4-3-5-10(9(8)2)15(18)11-6-13-14(7-12(11)17)20-16(21)19-13/h3-7,15H,1-2H3,(H2,19,20,21). The Labute approximate surface area is 135 Å². The first-order valence-corrected chi connectivity index (χ1v) is 7.82. The molecule has 0 radical (unpaired) electrons. The number of aryl methyl sites for hydroxylation is 1. The molecule has 1 unspecified atom stereocenters. The summed E-state index contributed by atoms with van der Waals surface area (Å²) in [5.74, 6) is 0. The van der Waals surface area contributed by atoms with Gasteiger partial charge in [0.2, 0.25) is 0 Å². The first-order valence-electron chi connectivity index (χ1n) is 6.59. The summed E-state index contributed by atoms with van der Waals surface area (Å²) in [4.78, 5) is 16.9. The second kappa shape index (κ2) is 5.35. The van der Waals surface area contributed by atoms with E-state index in [1.165, 1.54) is 11.1 Å². The molecule has 0 aliphatic carbocycles. The molecule has 3 aromatic rings. The van der Waals surface area contributed by atoms with Gasteiger partial charge in [-0.25, -0.2) is 4.79 Å². The van der Waals surface area contributed by atoms with Gasteiger partial charge in [0.25, 0.3) is 0 Å². The molecule has 0 amide bonds. The minimum Gasteiger partial charge on any atom is -0.306 e. The molecule has 3 rings (SSSR count). The molecule has 0 saturated heterocycles. The molecule has 0 saturated carbocycles. The second-order valence-corrected chi connectivity index (χ2v) is 6.44. The quantitative estimate of drug-likeness (QED) is 0.642. The highest BCUT2D eigenvalue weighted by atomic mass is 79.9. The number of aromatic amines is 2. The van der Waals surface area contributed by atoms with E-state index in [-0.39, 0.29) is 11.1 Å². The van der Waals surface area contributed by atoms with Crippen LogP contribution in [0.3, 0.4) is 0 Å². The van der Waals surface area contributed by atoms with Gasteiger partial charge in [-0.1, -0.05) is 34.1 Å². The highest BCUT2D eigenvalue weighted by Gasteiger charge is 2.18. The van der Waals surface area contributed by atoms with Crippen molar-refractivity contribution in [3.05, 3.63) is 67.5 Å². The molecule has 21 heavy (non-hydrogen) atoms. The summed E-state index contributed by atoms with van der Waals surface area (Å²) in [5.41, 5.74) is 5.72. The Morgan fingerprint density at radius 3 is 2.48 bits per heavy atom. The topological polar surface area (TPSA) is 48.6 Å². The van der Waals surface area contributed by atoms with Crippen LogP contribution in [0.25, 0.3) is 11.0 Å². The third-order valence-electron chi connectivity index (χ3n) is 3.83. The van der Waals surface area contributed by atoms with Crippen LogP contribution in [0.1, 0.15) is 27.6 Å². The van der Waals surface area contributed by atoms with E-state index in [0.717, 1.165) is 26.6 Å². The number of nitrogens with one attached hydrogen (secondary N) is 2. The lowest BCUT2D eigenvalue weighted by Crippen LogP contribution is -1.99. The van der Waals surface area contributed by atoms with Gasteiger partial charge in [0.1, 0.15) is 0 Å². The Morgan fingerprint density at radius 2 is 1.76 bits per heavy atom. The van der Waals surface area contributed by atoms with E-state index in [4.69, 9.17) is 11.6 Å². The summed E-state index contributed by atoms with van der Waals surface area (Å²) in [6.07, 6.45) is 0. The van der Waals surface area contributed by atoms with Crippen LogP contribution >= 0.6 is 27.5 Å². The van der Waals surface area contributed by atoms with Crippen LogP contribution < -0.4 is 5.69 Å². The van der Waals surface area contributed by atoms with Crippen LogP contribution in [-0.4, -0.2) is 9.97 Å². The number of halogens is 2. The van der Waals surface area contributed by atoms with Crippen molar-refractivity contribution in [2.24, 2.45) is 0 Å². The maximum absolute atomic E-state index is 11.4. The molecule has 0 fully saturated rings. The molecule has 108 valence electrons. The molecule has 1 heterocycles. The minimum atomic E-state index is -0.276. The first kappa shape index (κ1) is 14.4. The number of benzene rings is 2. The van der Waals surface area contributed by atoms with Crippen LogP contribution in [0.5, 0.6) is 0 Å². The van der Waals surface area contributed by atoms with Gasteiger partial charge in [-0.15, -0.1) is 11.6 Å². The molecule has 0 aliphatic rings. The van der Waals surface area contributed by atoms with E-state index in [1.54, 1.807) is 0 Å². The molecule has 0 aliphatic heterocycles. The Morgan fingerprint density at radius 1 is 1.10 bits per heavy atom. The van der Waals surface area contributed by atoms with E-state index >= 15 is 0 Å². The molecule has 0 bridgehead atoms. The maximum atomic E-state index is 11.4. The molecule has 2 N–H and O–H groups in total. The molecule has 1 aromatic heterocycles. The molecular weight excluding hydrogens is 352 g/mol. The van der Waals surface area contributed by atoms with Crippen molar-refractivity contribution < 1.29 is 0 Å². The molecule has 0 spiro atoms. The fourth-order valence-corrected chi connectivity index (χ4v) is 3.60. The van der Waals surface area contributed by atoms with Gasteiger partial charge in [-0.2, -0.15) is 0 Å². The van der Waals surface area contributed by atoms with Gasteiger partial charge in [-0.05, 0) is 48.2 Å². The van der Waals surface area contributed by atoms with E-state index in [9.17, 15) is 4.79 Å². The van der Waals surface area contributed by atoms with E-state index in [1.807, 2.05) is 24.3 Å². The first-order chi connectivity index (χ1) is 9.97. The number of rotatable bonds is 2. The molecule has 3 nitrogen and oxygen atoms in total. The lowest BCUT2D eigenvalue weighted by Gasteiger charge is -2.16. The zero-order valence-corrected chi connectivity index (χ0v) is 14.0. The molecular formula is C16H14BrClN2O. The fourth-order valence-electron chi connectivity index (χ4n) is 2.48. The fraction of sp³-hybridized carbons (Fsp3) is 0.188. The van der Waals surface area contributed by atoms with Gasteiger partial charge in [0.15, 0.2) is 0 Å². The van der Waals surface area contributed by atoms with Crippen LogP contribution in [-0.2, 0) is 0 Å². The Bertz CT molecular complexity index is 882. The van der Waals surface area contributed by atoms with Crippen molar-refractivity contribution in [2.75, 3.05) is 0 Å². The number of aromatic nitrogens is 2. The Balaban J connectivity index is 2.16. The maximum Gasteiger partial charge on any atom is 0.323 e. The highest BCUT2D eigenvalue weighted by Crippen LogP contribution is 2.37. The predicted octanol–water partition coefficient (Wildman–Crippen LogP) is 4.56. The number of hydrogen-bond acceptors (Lipinski definition) is 1. The summed E-state index contributed by atoms with van der Waals surface area (Å²) in [5, 5.41) is -0.276. The van der Waals surface area contributed by atoms with E-state index < -0.39 is 0 Å². The van der Waals surface area contributed by atoms with Crippen molar-refractivity contribution in [2.45, 2.75) is 19.2 Å². The van der Waals surface area contributed by atoms with Crippen LogP contribution in [0.2, 0.25) is 0 Å². The number of alkyl halides is 1. The lowest BCUT2D eigenvalue weighted by molar-refractivity contribution is 1.09. The van der Waals surface area contributed by atoms with E-state index in [0.29, 0.717) is 0 Å². The zero-order chi connectivity index (χ0) is 15.1. The number of hydrogen-bond donors (Lipinski definition) is 2. The van der Waals surface area contributed by atoms with Crippen LogP contribution in [0.4, 0.5) is 0 Å². The summed E-state index contributed by atoms with van der Waals surface area (Å²) >= 11 is 10.2. The normalized spacial score (nSPS) is 12.8. The molecule has 5 heteroatoms. The van der Waals surface area contributed by atoms with Crippen LogP contribution in [0.15, 0.2) is 39.6 Å². The molecule has 2 aromatic carbocycles. The van der Waals surface area contributed by atoms with Crippen LogP contribution in [0, 0.1) is 13.8 Å². The third-order valence-corrected chi connectivity index (χ3v) is 4.98. The van der Waals surface area contributed by atoms with Crippen molar-refractivity contribution in [1.82, 2.24) is 9.97 Å². The van der Waals surface area contributed by atoms with Crippen molar-refractivity contribution in [1.29, 1.82) is 0 Å². The predicted molar refractivity (Wildman–Crippen MR) is 90.2 cm³/mol. The summed E-state index contributed by atoms with van der Waals surface area (Å²) in [7, 11) is 0. The third kappa shape index (κ3) is 2.54. The van der Waals surface area contributed by atoms with Gasteiger partial charge < -0.3 is 9.97 Å². The summed E-state index contributed by atoms with van der Waals surface area (Å²) in [6.45, 7) is 4.15. The Hall–Kier alpha value is -1.52. The van der Waals surface area contributed by atoms with Gasteiger partial charge in [0.05, 0.1) is 16.4 Å².